The van der Waals surface area contributed by atoms with Crippen molar-refractivity contribution in [2.75, 3.05) is 18.0 Å². The van der Waals surface area contributed by atoms with Gasteiger partial charge in [-0.1, -0.05) is 42.5 Å². The molecule has 8 nitrogen and oxygen atoms in total. The third-order valence-electron chi connectivity index (χ3n) is 5.93. The molecule has 1 N–H and O–H groups in total. The number of nitrogens with one attached hydrogen (secondary N) is 1. The first-order valence-electron chi connectivity index (χ1n) is 11.7. The molecule has 0 saturated heterocycles. The number of rotatable bonds is 9. The summed E-state index contributed by atoms with van der Waals surface area (Å²) in [7, 11) is -2.62. The fraction of sp³-hybridized carbons (Fsp3) is 0.143. The molecule has 1 aromatic heterocycles. The highest BCUT2D eigenvalue weighted by molar-refractivity contribution is 9.10. The molecule has 0 aliphatic rings. The van der Waals surface area contributed by atoms with Crippen molar-refractivity contribution in [2.24, 2.45) is 5.10 Å². The Bertz CT molecular complexity index is 1580. The fourth-order valence-electron chi connectivity index (χ4n) is 4.12. The second kappa shape index (κ2) is 11.7. The molecule has 0 bridgehead atoms. The van der Waals surface area contributed by atoms with Gasteiger partial charge in [0.05, 0.1) is 29.6 Å². The number of anilines is 1. The van der Waals surface area contributed by atoms with Crippen LogP contribution in [0.25, 0.3) is 5.69 Å². The molecule has 10 heteroatoms. The van der Waals surface area contributed by atoms with Crippen molar-refractivity contribution in [3.05, 3.63) is 106 Å². The Hall–Kier alpha value is -3.89. The van der Waals surface area contributed by atoms with Gasteiger partial charge in [0.1, 0.15) is 12.3 Å². The van der Waals surface area contributed by atoms with Gasteiger partial charge in [-0.15, -0.1) is 0 Å². The van der Waals surface area contributed by atoms with Gasteiger partial charge < -0.3 is 9.30 Å². The Labute approximate surface area is 230 Å². The second-order valence-corrected chi connectivity index (χ2v) is 11.1. The summed E-state index contributed by atoms with van der Waals surface area (Å²) in [5.74, 6) is -0.283. The maximum Gasteiger partial charge on any atom is 0.264 e. The molecule has 3 aromatic carbocycles. The number of aromatic nitrogens is 1. The molecule has 196 valence electrons. The van der Waals surface area contributed by atoms with Crippen LogP contribution < -0.4 is 14.5 Å². The molecule has 0 radical (unpaired) electrons. The maximum absolute atomic E-state index is 13.5. The topological polar surface area (TPSA) is 93.0 Å². The summed E-state index contributed by atoms with van der Waals surface area (Å²) in [6.07, 6.45) is 1.55. The van der Waals surface area contributed by atoms with E-state index >= 15 is 0 Å². The zero-order valence-corrected chi connectivity index (χ0v) is 23.5. The normalized spacial score (nSPS) is 11.5. The number of hydrogen-bond donors (Lipinski definition) is 1. The molecule has 1 amide bonds. The third kappa shape index (κ3) is 5.66. The van der Waals surface area contributed by atoms with Crippen LogP contribution in [-0.2, 0) is 14.8 Å². The number of aryl methyl sites for hydroxylation is 1. The monoisotopic (exact) mass is 594 g/mol. The molecule has 4 rings (SSSR count). The van der Waals surface area contributed by atoms with Crippen molar-refractivity contribution in [2.45, 2.75) is 18.7 Å². The van der Waals surface area contributed by atoms with Gasteiger partial charge in [0.2, 0.25) is 0 Å². The lowest BCUT2D eigenvalue weighted by molar-refractivity contribution is -0.119. The number of ether oxygens (including phenoxy) is 1. The van der Waals surface area contributed by atoms with Gasteiger partial charge in [-0.3, -0.25) is 9.10 Å². The molecule has 0 aliphatic heterocycles. The zero-order chi connectivity index (χ0) is 27.3. The molecular formula is C28H27BrN4O4S. The molecule has 0 saturated carbocycles. The molecule has 0 aliphatic carbocycles. The highest BCUT2D eigenvalue weighted by Gasteiger charge is 2.29. The van der Waals surface area contributed by atoms with Crippen LogP contribution in [0.4, 0.5) is 5.69 Å². The van der Waals surface area contributed by atoms with Crippen molar-refractivity contribution in [1.82, 2.24) is 9.99 Å². The van der Waals surface area contributed by atoms with Crippen LogP contribution >= 0.6 is 15.9 Å². The van der Waals surface area contributed by atoms with Crippen molar-refractivity contribution in [1.29, 1.82) is 0 Å². The first-order valence-corrected chi connectivity index (χ1v) is 13.9. The van der Waals surface area contributed by atoms with Crippen molar-refractivity contribution in [3.63, 3.8) is 0 Å². The number of carbonyl (C=O) groups is 1. The molecular weight excluding hydrogens is 568 g/mol. The maximum atomic E-state index is 13.5. The van der Waals surface area contributed by atoms with E-state index in [4.69, 9.17) is 4.74 Å². The highest BCUT2D eigenvalue weighted by atomic mass is 79.9. The van der Waals surface area contributed by atoms with Gasteiger partial charge in [-0.2, -0.15) is 5.10 Å². The minimum atomic E-state index is -4.07. The predicted molar refractivity (Wildman–Crippen MR) is 153 cm³/mol. The lowest BCUT2D eigenvalue weighted by Crippen LogP contribution is -2.39. The van der Waals surface area contributed by atoms with E-state index < -0.39 is 22.5 Å². The van der Waals surface area contributed by atoms with Crippen LogP contribution in [0.1, 0.15) is 17.0 Å². The lowest BCUT2D eigenvalue weighted by Gasteiger charge is -2.25. The SMILES string of the molecule is COc1ccccc1N(CC(=O)N/N=C\c1cc(C)n(-c2ccccc2Br)c1C)S(=O)(=O)c1ccccc1. The fourth-order valence-corrected chi connectivity index (χ4v) is 6.03. The first-order chi connectivity index (χ1) is 18.2. The van der Waals surface area contributed by atoms with Crippen LogP contribution in [0.3, 0.4) is 0 Å². The Morgan fingerprint density at radius 1 is 1.03 bits per heavy atom. The molecule has 0 spiro atoms. The summed E-state index contributed by atoms with van der Waals surface area (Å²) in [4.78, 5) is 13.0. The number of hydrazone groups is 1. The predicted octanol–water partition coefficient (Wildman–Crippen LogP) is 5.21. The summed E-state index contributed by atoms with van der Waals surface area (Å²) < 4.78 is 36.5. The minimum absolute atomic E-state index is 0.0571. The number of benzene rings is 3. The van der Waals surface area contributed by atoms with E-state index in [1.807, 2.05) is 44.2 Å². The number of hydrogen-bond acceptors (Lipinski definition) is 5. The number of amides is 1. The van der Waals surface area contributed by atoms with E-state index in [2.05, 4.69) is 31.0 Å². The van der Waals surface area contributed by atoms with E-state index in [-0.39, 0.29) is 10.6 Å². The molecule has 0 fully saturated rings. The Kier molecular flexibility index (Phi) is 8.33. The number of nitrogens with zero attached hydrogens (tertiary/aromatic N) is 3. The number of sulfonamides is 1. The Morgan fingerprint density at radius 2 is 1.68 bits per heavy atom. The molecule has 4 aromatic rings. The van der Waals surface area contributed by atoms with Crippen molar-refractivity contribution >= 4 is 43.8 Å². The van der Waals surface area contributed by atoms with Crippen LogP contribution in [0.2, 0.25) is 0 Å². The van der Waals surface area contributed by atoms with Gasteiger partial charge >= 0.3 is 0 Å². The van der Waals surface area contributed by atoms with E-state index in [0.29, 0.717) is 5.75 Å². The van der Waals surface area contributed by atoms with Crippen LogP contribution in [0, 0.1) is 13.8 Å². The van der Waals surface area contributed by atoms with Gasteiger partial charge in [-0.05, 0) is 72.2 Å². The highest BCUT2D eigenvalue weighted by Crippen LogP contribution is 2.32. The summed E-state index contributed by atoms with van der Waals surface area (Å²) in [6.45, 7) is 3.46. The lowest BCUT2D eigenvalue weighted by atomic mass is 10.2. The number of para-hydroxylation sites is 3. The van der Waals surface area contributed by atoms with Crippen LogP contribution in [0.15, 0.2) is 99.4 Å². The minimum Gasteiger partial charge on any atom is -0.495 e. The molecule has 0 atom stereocenters. The third-order valence-corrected chi connectivity index (χ3v) is 8.37. The number of halogens is 1. The number of methoxy groups -OCH3 is 1. The Morgan fingerprint density at radius 3 is 2.39 bits per heavy atom. The summed E-state index contributed by atoms with van der Waals surface area (Å²) in [5, 5.41) is 4.11. The number of carbonyl (C=O) groups excluding carboxylic acids is 1. The second-order valence-electron chi connectivity index (χ2n) is 8.40. The Balaban J connectivity index is 1.58. The zero-order valence-electron chi connectivity index (χ0n) is 21.1. The standard InChI is InChI=1S/C28H27BrN4O4S/c1-20-17-22(21(2)33(20)25-14-8-7-13-24(25)29)18-30-31-28(34)19-32(26-15-9-10-16-27(26)37-3)38(35,36)23-11-5-4-6-12-23/h4-18H,19H2,1-3H3,(H,31,34)/b30-18-. The van der Waals surface area contributed by atoms with Crippen molar-refractivity contribution in [3.8, 4) is 11.4 Å². The van der Waals surface area contributed by atoms with Gasteiger partial charge in [-0.25, -0.2) is 13.8 Å². The average molecular weight is 596 g/mol. The van der Waals surface area contributed by atoms with Crippen molar-refractivity contribution < 1.29 is 17.9 Å². The van der Waals surface area contributed by atoms with E-state index in [0.717, 1.165) is 31.4 Å². The summed E-state index contributed by atoms with van der Waals surface area (Å²) in [5.41, 5.74) is 6.46. The first kappa shape index (κ1) is 27.2. The van der Waals surface area contributed by atoms with Crippen LogP contribution in [-0.4, -0.2) is 38.8 Å². The average Bonchev–Trinajstić information content (AvgIpc) is 3.20. The van der Waals surface area contributed by atoms with E-state index in [1.54, 1.807) is 48.7 Å². The summed E-state index contributed by atoms with van der Waals surface area (Å²) in [6, 6.07) is 24.4. The quantitative estimate of drug-likeness (QED) is 0.213. The van der Waals surface area contributed by atoms with E-state index in [1.165, 1.54) is 19.2 Å². The summed E-state index contributed by atoms with van der Waals surface area (Å²) >= 11 is 3.59. The molecule has 1 heterocycles. The van der Waals surface area contributed by atoms with Crippen LogP contribution in [0.5, 0.6) is 5.75 Å². The molecule has 0 unspecified atom stereocenters. The van der Waals surface area contributed by atoms with Gasteiger partial charge in [0.15, 0.2) is 0 Å². The smallest absolute Gasteiger partial charge is 0.264 e. The van der Waals surface area contributed by atoms with Gasteiger partial charge in [0.25, 0.3) is 15.9 Å². The van der Waals surface area contributed by atoms with E-state index in [9.17, 15) is 13.2 Å². The largest absolute Gasteiger partial charge is 0.495 e. The van der Waals surface area contributed by atoms with Gasteiger partial charge in [0, 0.05) is 21.4 Å². The molecule has 38 heavy (non-hydrogen) atoms.